The Bertz CT molecular complexity index is 1030. The Labute approximate surface area is 171 Å². The van der Waals surface area contributed by atoms with Crippen LogP contribution in [0.4, 0.5) is 15.8 Å². The zero-order valence-corrected chi connectivity index (χ0v) is 16.2. The highest BCUT2D eigenvalue weighted by Crippen LogP contribution is 2.37. The summed E-state index contributed by atoms with van der Waals surface area (Å²) < 4.78 is 24.6. The lowest BCUT2D eigenvalue weighted by atomic mass is 10.0. The van der Waals surface area contributed by atoms with Crippen LogP contribution in [-0.4, -0.2) is 43.5 Å². The molecule has 0 radical (unpaired) electrons. The summed E-state index contributed by atoms with van der Waals surface area (Å²) in [6, 6.07) is 8.03. The van der Waals surface area contributed by atoms with Crippen LogP contribution in [0.1, 0.15) is 23.7 Å². The summed E-state index contributed by atoms with van der Waals surface area (Å²) in [6.07, 6.45) is 0.0290. The first-order chi connectivity index (χ1) is 14.5. The van der Waals surface area contributed by atoms with E-state index >= 15 is 0 Å². The van der Waals surface area contributed by atoms with E-state index < -0.39 is 17.8 Å². The second kappa shape index (κ2) is 8.02. The van der Waals surface area contributed by atoms with Gasteiger partial charge in [0.2, 0.25) is 5.91 Å². The molecule has 2 aliphatic rings. The molecule has 8 nitrogen and oxygen atoms in total. The van der Waals surface area contributed by atoms with Crippen molar-refractivity contribution in [2.45, 2.75) is 19.4 Å². The fourth-order valence-electron chi connectivity index (χ4n) is 3.52. The summed E-state index contributed by atoms with van der Waals surface area (Å²) >= 11 is 0. The van der Waals surface area contributed by atoms with Crippen LogP contribution in [0.25, 0.3) is 0 Å². The number of halogens is 1. The number of benzene rings is 2. The number of hydrogen-bond acceptors (Lipinski definition) is 5. The Morgan fingerprint density at radius 3 is 2.83 bits per heavy atom. The predicted molar refractivity (Wildman–Crippen MR) is 106 cm³/mol. The third-order valence-corrected chi connectivity index (χ3v) is 4.85. The summed E-state index contributed by atoms with van der Waals surface area (Å²) in [5, 5.41) is 5.39. The number of ether oxygens (including phenoxy) is 2. The number of rotatable bonds is 4. The molecule has 2 aromatic carbocycles. The minimum atomic E-state index is -0.580. The molecule has 0 aromatic heterocycles. The molecule has 0 aliphatic carbocycles. The molecule has 0 fully saturated rings. The molecule has 4 rings (SSSR count). The molecule has 0 spiro atoms. The van der Waals surface area contributed by atoms with Gasteiger partial charge in [-0.25, -0.2) is 4.39 Å². The molecule has 0 saturated carbocycles. The molecule has 156 valence electrons. The molecule has 9 heteroatoms. The highest BCUT2D eigenvalue weighted by atomic mass is 19.1. The van der Waals surface area contributed by atoms with Gasteiger partial charge in [0.15, 0.2) is 6.61 Å². The normalized spacial score (nSPS) is 17.1. The maximum absolute atomic E-state index is 13.7. The van der Waals surface area contributed by atoms with Gasteiger partial charge in [0, 0.05) is 18.2 Å². The number of hydrogen-bond donors (Lipinski definition) is 2. The minimum Gasteiger partial charge on any atom is -0.489 e. The third kappa shape index (κ3) is 3.78. The first-order valence-corrected chi connectivity index (χ1v) is 9.55. The summed E-state index contributed by atoms with van der Waals surface area (Å²) in [4.78, 5) is 38.7. The number of carbonyl (C=O) groups excluding carboxylic acids is 3. The van der Waals surface area contributed by atoms with E-state index in [-0.39, 0.29) is 42.8 Å². The lowest BCUT2D eigenvalue weighted by Crippen LogP contribution is -2.49. The van der Waals surface area contributed by atoms with E-state index in [0.717, 1.165) is 0 Å². The Balaban J connectivity index is 1.70. The summed E-state index contributed by atoms with van der Waals surface area (Å²) in [5.41, 5.74) is 1.06. The molecule has 2 heterocycles. The van der Waals surface area contributed by atoms with Crippen LogP contribution in [-0.2, 0) is 9.59 Å². The molecule has 2 aliphatic heterocycles. The van der Waals surface area contributed by atoms with E-state index in [1.165, 1.54) is 29.2 Å². The predicted octanol–water partition coefficient (Wildman–Crippen LogP) is 2.09. The topological polar surface area (TPSA) is 97.0 Å². The van der Waals surface area contributed by atoms with E-state index in [4.69, 9.17) is 9.47 Å². The van der Waals surface area contributed by atoms with Gasteiger partial charge >= 0.3 is 0 Å². The van der Waals surface area contributed by atoms with Crippen LogP contribution in [0.3, 0.4) is 0 Å². The van der Waals surface area contributed by atoms with Crippen molar-refractivity contribution in [1.29, 1.82) is 0 Å². The molecule has 2 aromatic rings. The third-order valence-electron chi connectivity index (χ3n) is 4.85. The average molecular weight is 413 g/mol. The van der Waals surface area contributed by atoms with Crippen molar-refractivity contribution < 1.29 is 28.2 Å². The molecule has 0 bridgehead atoms. The van der Waals surface area contributed by atoms with E-state index in [2.05, 4.69) is 10.6 Å². The number of nitrogens with zero attached hydrogens (tertiary/aromatic N) is 1. The smallest absolute Gasteiger partial charge is 0.262 e. The van der Waals surface area contributed by atoms with Gasteiger partial charge in [0.05, 0.1) is 23.8 Å². The van der Waals surface area contributed by atoms with Crippen molar-refractivity contribution in [1.82, 2.24) is 5.32 Å². The zero-order chi connectivity index (χ0) is 21.3. The van der Waals surface area contributed by atoms with Gasteiger partial charge in [-0.15, -0.1) is 0 Å². The van der Waals surface area contributed by atoms with Crippen molar-refractivity contribution in [3.8, 4) is 11.5 Å². The lowest BCUT2D eigenvalue weighted by Gasteiger charge is -2.37. The van der Waals surface area contributed by atoms with Gasteiger partial charge in [-0.3, -0.25) is 19.3 Å². The van der Waals surface area contributed by atoms with Crippen molar-refractivity contribution >= 4 is 29.1 Å². The quantitative estimate of drug-likeness (QED) is 0.800. The van der Waals surface area contributed by atoms with E-state index in [0.29, 0.717) is 23.7 Å². The number of carbonyl (C=O) groups is 3. The van der Waals surface area contributed by atoms with Crippen molar-refractivity contribution in [2.75, 3.05) is 30.0 Å². The number of amides is 3. The Hall–Kier alpha value is -3.62. The van der Waals surface area contributed by atoms with Crippen LogP contribution in [0.15, 0.2) is 36.4 Å². The van der Waals surface area contributed by atoms with Gasteiger partial charge in [0.1, 0.15) is 23.9 Å². The first-order valence-electron chi connectivity index (χ1n) is 9.55. The number of fused-ring (bicyclic) bond motifs is 2. The largest absolute Gasteiger partial charge is 0.489 e. The van der Waals surface area contributed by atoms with Crippen LogP contribution in [0.5, 0.6) is 11.5 Å². The average Bonchev–Trinajstić information content (AvgIpc) is 2.72. The van der Waals surface area contributed by atoms with Gasteiger partial charge in [-0.1, -0.05) is 0 Å². The highest BCUT2D eigenvalue weighted by molar-refractivity contribution is 6.09. The molecule has 3 amide bonds. The molecule has 2 N–H and O–H groups in total. The standard InChI is InChI=1S/C21H20FN3O5/c1-2-23-19(26)9-14-10-29-18-8-13(22)4-5-16(18)25(14)21(28)12-3-6-17-15(7-12)24-20(27)11-30-17/h3-8,14H,2,9-11H2,1H3,(H,23,26)(H,24,27). The number of nitrogens with one attached hydrogen (secondary N) is 2. The second-order valence-electron chi connectivity index (χ2n) is 6.96. The van der Waals surface area contributed by atoms with Crippen LogP contribution < -0.4 is 25.0 Å². The fraction of sp³-hybridized carbons (Fsp3) is 0.286. The molecule has 30 heavy (non-hydrogen) atoms. The molecule has 1 unspecified atom stereocenters. The van der Waals surface area contributed by atoms with Crippen molar-refractivity contribution in [2.24, 2.45) is 0 Å². The Morgan fingerprint density at radius 1 is 1.20 bits per heavy atom. The van der Waals surface area contributed by atoms with Crippen molar-refractivity contribution in [3.63, 3.8) is 0 Å². The summed E-state index contributed by atoms with van der Waals surface area (Å²) in [6.45, 7) is 2.23. The molecule has 0 saturated heterocycles. The number of anilines is 2. The van der Waals surface area contributed by atoms with Crippen LogP contribution >= 0.6 is 0 Å². The molecule has 1 atom stereocenters. The lowest BCUT2D eigenvalue weighted by molar-refractivity contribution is -0.121. The Morgan fingerprint density at radius 2 is 2.03 bits per heavy atom. The maximum Gasteiger partial charge on any atom is 0.262 e. The molecular weight excluding hydrogens is 393 g/mol. The minimum absolute atomic E-state index is 0.0290. The molecular formula is C21H20FN3O5. The van der Waals surface area contributed by atoms with Crippen molar-refractivity contribution in [3.05, 3.63) is 47.8 Å². The van der Waals surface area contributed by atoms with Gasteiger partial charge < -0.3 is 20.1 Å². The van der Waals surface area contributed by atoms with Crippen LogP contribution in [0, 0.1) is 5.82 Å². The monoisotopic (exact) mass is 413 g/mol. The summed E-state index contributed by atoms with van der Waals surface area (Å²) in [7, 11) is 0. The van der Waals surface area contributed by atoms with Gasteiger partial charge in [-0.2, -0.15) is 0 Å². The van der Waals surface area contributed by atoms with E-state index in [9.17, 15) is 18.8 Å². The van der Waals surface area contributed by atoms with Gasteiger partial charge in [0.25, 0.3) is 11.8 Å². The fourth-order valence-corrected chi connectivity index (χ4v) is 3.52. The highest BCUT2D eigenvalue weighted by Gasteiger charge is 2.35. The first kappa shape index (κ1) is 19.7. The van der Waals surface area contributed by atoms with Crippen LogP contribution in [0.2, 0.25) is 0 Å². The maximum atomic E-state index is 13.7. The second-order valence-corrected chi connectivity index (χ2v) is 6.96. The van der Waals surface area contributed by atoms with E-state index in [1.54, 1.807) is 19.1 Å². The zero-order valence-electron chi connectivity index (χ0n) is 16.2. The SMILES string of the molecule is CCNC(=O)CC1COc2cc(F)ccc2N1C(=O)c1ccc2c(c1)NC(=O)CO2. The van der Waals surface area contributed by atoms with Gasteiger partial charge in [-0.05, 0) is 37.3 Å². The summed E-state index contributed by atoms with van der Waals surface area (Å²) in [5.74, 6) is -0.728. The Kier molecular flexibility index (Phi) is 5.26. The van der Waals surface area contributed by atoms with E-state index in [1.807, 2.05) is 0 Å².